The molecular weight excluding hydrogens is 516 g/mol. The summed E-state index contributed by atoms with van der Waals surface area (Å²) in [6.45, 7) is 7.58. The maximum absolute atomic E-state index is 11.1. The van der Waals surface area contributed by atoms with E-state index in [4.69, 9.17) is 26.4 Å². The Kier molecular flexibility index (Phi) is 8.68. The summed E-state index contributed by atoms with van der Waals surface area (Å²) >= 11 is 6.10. The summed E-state index contributed by atoms with van der Waals surface area (Å²) in [5.74, 6) is 3.22. The Morgan fingerprint density at radius 1 is 1.05 bits per heavy atom. The fourth-order valence-electron chi connectivity index (χ4n) is 5.20. The summed E-state index contributed by atoms with van der Waals surface area (Å²) in [6.07, 6.45) is 4.21. The zero-order chi connectivity index (χ0) is 27.2. The lowest BCUT2D eigenvalue weighted by molar-refractivity contribution is 0.105. The molecule has 10 heteroatoms. The van der Waals surface area contributed by atoms with Crippen molar-refractivity contribution in [2.45, 2.75) is 32.2 Å². The minimum Gasteiger partial charge on any atom is -0.465 e. The number of aromatic nitrogens is 2. The standard InChI is InChI=1S/C29H35ClN6O3/c1-21-31-20-26-27(33-23-7-5-9-25(19-23)39-24-8-4-6-22(30)18-24)10-13-35(28(26)32-21)12-3-2-11-34-14-16-36(17-15-34)29(37)38/h4-9,18-20,27,33H,2-3,10-17H2,1H3,(H,37,38). The van der Waals surface area contributed by atoms with Crippen LogP contribution in [0, 0.1) is 6.92 Å². The number of unbranched alkanes of at least 4 members (excludes halogenated alkanes) is 1. The molecule has 206 valence electrons. The summed E-state index contributed by atoms with van der Waals surface area (Å²) in [4.78, 5) is 26.7. The number of piperazine rings is 1. The molecule has 1 saturated heterocycles. The molecule has 2 aliphatic heterocycles. The number of aryl methyl sites for hydroxylation is 1. The lowest BCUT2D eigenvalue weighted by Gasteiger charge is -2.36. The van der Waals surface area contributed by atoms with Crippen LogP contribution in [0.4, 0.5) is 16.3 Å². The van der Waals surface area contributed by atoms with Gasteiger partial charge in [-0.05, 0) is 63.1 Å². The van der Waals surface area contributed by atoms with Crippen LogP contribution in [0.15, 0.2) is 54.7 Å². The third-order valence-electron chi connectivity index (χ3n) is 7.28. The number of fused-ring (bicyclic) bond motifs is 1. The van der Waals surface area contributed by atoms with E-state index in [2.05, 4.69) is 20.1 Å². The molecule has 2 aromatic carbocycles. The molecule has 1 amide bonds. The van der Waals surface area contributed by atoms with Crippen LogP contribution in [0.25, 0.3) is 0 Å². The van der Waals surface area contributed by atoms with Gasteiger partial charge in [-0.3, -0.25) is 4.90 Å². The molecule has 2 N–H and O–H groups in total. The van der Waals surface area contributed by atoms with E-state index in [0.717, 1.165) is 80.6 Å². The smallest absolute Gasteiger partial charge is 0.407 e. The van der Waals surface area contributed by atoms with Gasteiger partial charge in [0.1, 0.15) is 23.1 Å². The Balaban J connectivity index is 1.18. The topological polar surface area (TPSA) is 94.1 Å². The van der Waals surface area contributed by atoms with Gasteiger partial charge in [0.2, 0.25) is 0 Å². The molecule has 39 heavy (non-hydrogen) atoms. The number of nitrogens with one attached hydrogen (secondary N) is 1. The fraction of sp³-hybridized carbons (Fsp3) is 0.414. The number of hydrogen-bond acceptors (Lipinski definition) is 7. The molecule has 0 radical (unpaired) electrons. The van der Waals surface area contributed by atoms with Gasteiger partial charge in [-0.25, -0.2) is 14.8 Å². The maximum Gasteiger partial charge on any atom is 0.407 e. The van der Waals surface area contributed by atoms with Crippen molar-refractivity contribution in [3.8, 4) is 11.5 Å². The number of rotatable bonds is 9. The van der Waals surface area contributed by atoms with Crippen molar-refractivity contribution in [1.82, 2.24) is 19.8 Å². The predicted octanol–water partition coefficient (Wildman–Crippen LogP) is 5.67. The first-order valence-electron chi connectivity index (χ1n) is 13.5. The largest absolute Gasteiger partial charge is 0.465 e. The Labute approximate surface area is 234 Å². The summed E-state index contributed by atoms with van der Waals surface area (Å²) in [5.41, 5.74) is 2.08. The van der Waals surface area contributed by atoms with E-state index in [1.807, 2.05) is 55.6 Å². The van der Waals surface area contributed by atoms with Crippen molar-refractivity contribution in [3.63, 3.8) is 0 Å². The molecule has 1 aromatic heterocycles. The van der Waals surface area contributed by atoms with Gasteiger partial charge in [0.25, 0.3) is 0 Å². The molecule has 1 fully saturated rings. The Bertz CT molecular complexity index is 1280. The van der Waals surface area contributed by atoms with E-state index >= 15 is 0 Å². The minimum absolute atomic E-state index is 0.101. The van der Waals surface area contributed by atoms with Crippen LogP contribution in [0.5, 0.6) is 11.5 Å². The van der Waals surface area contributed by atoms with E-state index in [9.17, 15) is 4.79 Å². The van der Waals surface area contributed by atoms with E-state index in [1.165, 1.54) is 4.90 Å². The van der Waals surface area contributed by atoms with Crippen molar-refractivity contribution in [1.29, 1.82) is 0 Å². The molecule has 0 aliphatic carbocycles. The molecule has 9 nitrogen and oxygen atoms in total. The quantitative estimate of drug-likeness (QED) is 0.329. The van der Waals surface area contributed by atoms with E-state index in [-0.39, 0.29) is 6.04 Å². The lowest BCUT2D eigenvalue weighted by atomic mass is 10.00. The van der Waals surface area contributed by atoms with Gasteiger partial charge in [-0.1, -0.05) is 23.7 Å². The number of ether oxygens (including phenoxy) is 1. The first-order chi connectivity index (χ1) is 18.9. The Morgan fingerprint density at radius 3 is 2.56 bits per heavy atom. The van der Waals surface area contributed by atoms with Crippen LogP contribution in [-0.4, -0.2) is 76.8 Å². The number of anilines is 2. The van der Waals surface area contributed by atoms with Gasteiger partial charge in [-0.2, -0.15) is 0 Å². The van der Waals surface area contributed by atoms with E-state index < -0.39 is 6.09 Å². The van der Waals surface area contributed by atoms with E-state index in [0.29, 0.717) is 23.9 Å². The predicted molar refractivity (Wildman–Crippen MR) is 153 cm³/mol. The summed E-state index contributed by atoms with van der Waals surface area (Å²) in [5, 5.41) is 13.4. The van der Waals surface area contributed by atoms with Crippen molar-refractivity contribution in [3.05, 3.63) is 71.1 Å². The highest BCUT2D eigenvalue weighted by Gasteiger charge is 2.27. The molecule has 2 aliphatic rings. The van der Waals surface area contributed by atoms with Gasteiger partial charge < -0.3 is 25.0 Å². The maximum atomic E-state index is 11.1. The van der Waals surface area contributed by atoms with Crippen molar-refractivity contribution >= 4 is 29.2 Å². The summed E-state index contributed by atoms with van der Waals surface area (Å²) in [7, 11) is 0. The number of hydrogen-bond donors (Lipinski definition) is 2. The number of halogens is 1. The molecule has 1 atom stereocenters. The van der Waals surface area contributed by atoms with Gasteiger partial charge in [-0.15, -0.1) is 0 Å². The summed E-state index contributed by atoms with van der Waals surface area (Å²) < 4.78 is 6.02. The molecular formula is C29H35ClN6O3. The molecule has 0 spiro atoms. The zero-order valence-electron chi connectivity index (χ0n) is 22.2. The summed E-state index contributed by atoms with van der Waals surface area (Å²) in [6, 6.07) is 15.4. The lowest BCUT2D eigenvalue weighted by Crippen LogP contribution is -2.48. The molecule has 1 unspecified atom stereocenters. The number of amides is 1. The van der Waals surface area contributed by atoms with Crippen LogP contribution in [-0.2, 0) is 0 Å². The van der Waals surface area contributed by atoms with Crippen molar-refractivity contribution in [2.75, 3.05) is 56.0 Å². The molecule has 5 rings (SSSR count). The SMILES string of the molecule is Cc1ncc2c(n1)N(CCCCN1CCN(C(=O)O)CC1)CCC2Nc1cccc(Oc2cccc(Cl)c2)c1. The monoisotopic (exact) mass is 550 g/mol. The third-order valence-corrected chi connectivity index (χ3v) is 7.52. The molecule has 0 bridgehead atoms. The van der Waals surface area contributed by atoms with Gasteiger partial charge >= 0.3 is 6.09 Å². The van der Waals surface area contributed by atoms with Gasteiger partial charge in [0.05, 0.1) is 6.04 Å². The molecule has 3 aromatic rings. The van der Waals surface area contributed by atoms with Crippen LogP contribution in [0.3, 0.4) is 0 Å². The van der Waals surface area contributed by atoms with Crippen molar-refractivity contribution in [2.24, 2.45) is 0 Å². The fourth-order valence-corrected chi connectivity index (χ4v) is 5.38. The molecule has 0 saturated carbocycles. The highest BCUT2D eigenvalue weighted by molar-refractivity contribution is 6.30. The highest BCUT2D eigenvalue weighted by Crippen LogP contribution is 2.35. The van der Waals surface area contributed by atoms with Crippen LogP contribution < -0.4 is 15.0 Å². The number of carbonyl (C=O) groups is 1. The van der Waals surface area contributed by atoms with Crippen LogP contribution in [0.2, 0.25) is 5.02 Å². The second-order valence-electron chi connectivity index (χ2n) is 10.1. The second kappa shape index (κ2) is 12.5. The average molecular weight is 551 g/mol. The van der Waals surface area contributed by atoms with Gasteiger partial charge in [0, 0.05) is 67.8 Å². The van der Waals surface area contributed by atoms with E-state index in [1.54, 1.807) is 6.07 Å². The van der Waals surface area contributed by atoms with Gasteiger partial charge in [0.15, 0.2) is 0 Å². The molecule has 3 heterocycles. The normalized spacial score (nSPS) is 17.5. The number of nitrogens with zero attached hydrogens (tertiary/aromatic N) is 5. The number of carboxylic acid groups (broad SMARTS) is 1. The Morgan fingerprint density at radius 2 is 1.79 bits per heavy atom. The zero-order valence-corrected chi connectivity index (χ0v) is 23.0. The number of benzene rings is 2. The minimum atomic E-state index is -0.818. The first kappa shape index (κ1) is 27.0. The Hall–Kier alpha value is -3.56. The van der Waals surface area contributed by atoms with Crippen LogP contribution >= 0.6 is 11.6 Å². The van der Waals surface area contributed by atoms with Crippen LogP contribution in [0.1, 0.15) is 36.7 Å². The third kappa shape index (κ3) is 7.10. The van der Waals surface area contributed by atoms with Crippen molar-refractivity contribution < 1.29 is 14.6 Å². The average Bonchev–Trinajstić information content (AvgIpc) is 2.92. The highest BCUT2D eigenvalue weighted by atomic mass is 35.5. The second-order valence-corrected chi connectivity index (χ2v) is 10.5. The first-order valence-corrected chi connectivity index (χ1v) is 13.9.